The van der Waals surface area contributed by atoms with Crippen LogP contribution in [0.1, 0.15) is 30.4 Å². The third-order valence-electron chi connectivity index (χ3n) is 4.13. The summed E-state index contributed by atoms with van der Waals surface area (Å²) in [5, 5.41) is 10.0. The number of aliphatic hydroxyl groups is 1. The van der Waals surface area contributed by atoms with Crippen LogP contribution in [-0.4, -0.2) is 24.4 Å². The van der Waals surface area contributed by atoms with Crippen molar-refractivity contribution in [3.8, 4) is 18.1 Å². The minimum absolute atomic E-state index is 0.0364. The van der Waals surface area contributed by atoms with Gasteiger partial charge in [-0.3, -0.25) is 0 Å². The Labute approximate surface area is 150 Å². The molecule has 132 valence electrons. The van der Waals surface area contributed by atoms with Crippen molar-refractivity contribution in [1.82, 2.24) is 0 Å². The average Bonchev–Trinajstić information content (AvgIpc) is 2.65. The molecule has 25 heavy (non-hydrogen) atoms. The van der Waals surface area contributed by atoms with Gasteiger partial charge in [-0.1, -0.05) is 42.5 Å². The van der Waals surface area contributed by atoms with E-state index in [1.165, 1.54) is 5.56 Å². The summed E-state index contributed by atoms with van der Waals surface area (Å²) in [6.07, 6.45) is 7.40. The first-order chi connectivity index (χ1) is 12.2. The fourth-order valence-electron chi connectivity index (χ4n) is 2.70. The number of methoxy groups -OCH3 is 1. The van der Waals surface area contributed by atoms with Crippen LogP contribution in [0.2, 0.25) is 0 Å². The van der Waals surface area contributed by atoms with Crippen molar-refractivity contribution in [3.05, 3.63) is 65.7 Å². The largest absolute Gasteiger partial charge is 0.497 e. The van der Waals surface area contributed by atoms with Gasteiger partial charge in [0.1, 0.15) is 5.75 Å². The standard InChI is InChI=1S/C22H26O3/c1-3-7-20(23)16-22(15-10-18-8-5-4-6-9-18)25-17-19-11-13-21(24-2)14-12-19/h1,4-6,8-9,11-14,20,22-23H,7,10,15-17H2,2H3/t20-,22-/m0/s1. The number of aryl methyl sites for hydroxylation is 1. The zero-order valence-corrected chi connectivity index (χ0v) is 14.7. The molecule has 2 aromatic rings. The molecule has 2 rings (SSSR count). The highest BCUT2D eigenvalue weighted by atomic mass is 16.5. The summed E-state index contributed by atoms with van der Waals surface area (Å²) in [7, 11) is 1.65. The lowest BCUT2D eigenvalue weighted by Crippen LogP contribution is -2.21. The third-order valence-corrected chi connectivity index (χ3v) is 4.13. The van der Waals surface area contributed by atoms with E-state index >= 15 is 0 Å². The van der Waals surface area contributed by atoms with Gasteiger partial charge in [-0.05, 0) is 36.1 Å². The van der Waals surface area contributed by atoms with Crippen molar-refractivity contribution < 1.29 is 14.6 Å². The Morgan fingerprint density at radius 1 is 1.04 bits per heavy atom. The van der Waals surface area contributed by atoms with Crippen molar-refractivity contribution in [3.63, 3.8) is 0 Å². The Hall–Kier alpha value is -2.28. The summed E-state index contributed by atoms with van der Waals surface area (Å²) in [6, 6.07) is 18.1. The number of hydrogen-bond donors (Lipinski definition) is 1. The summed E-state index contributed by atoms with van der Waals surface area (Å²) in [5.74, 6) is 3.34. The summed E-state index contributed by atoms with van der Waals surface area (Å²) >= 11 is 0. The van der Waals surface area contributed by atoms with Crippen molar-refractivity contribution in [1.29, 1.82) is 0 Å². The summed E-state index contributed by atoms with van der Waals surface area (Å²) in [5.41, 5.74) is 2.35. The maximum atomic E-state index is 10.0. The highest BCUT2D eigenvalue weighted by Crippen LogP contribution is 2.17. The molecule has 0 unspecified atom stereocenters. The fourth-order valence-corrected chi connectivity index (χ4v) is 2.70. The molecular formula is C22H26O3. The van der Waals surface area contributed by atoms with Crippen molar-refractivity contribution in [2.24, 2.45) is 0 Å². The average molecular weight is 338 g/mol. The van der Waals surface area contributed by atoms with Crippen molar-refractivity contribution in [2.75, 3.05) is 7.11 Å². The van der Waals surface area contributed by atoms with E-state index in [1.807, 2.05) is 42.5 Å². The second-order valence-corrected chi connectivity index (χ2v) is 6.10. The van der Waals surface area contributed by atoms with Gasteiger partial charge < -0.3 is 14.6 Å². The van der Waals surface area contributed by atoms with E-state index in [9.17, 15) is 5.11 Å². The molecule has 3 nitrogen and oxygen atoms in total. The first-order valence-electron chi connectivity index (χ1n) is 8.61. The Morgan fingerprint density at radius 2 is 1.76 bits per heavy atom. The van der Waals surface area contributed by atoms with Gasteiger partial charge in [0, 0.05) is 12.8 Å². The van der Waals surface area contributed by atoms with Gasteiger partial charge in [0.05, 0.1) is 25.9 Å². The van der Waals surface area contributed by atoms with Crippen LogP contribution < -0.4 is 4.74 Å². The van der Waals surface area contributed by atoms with E-state index in [1.54, 1.807) is 7.11 Å². The van der Waals surface area contributed by atoms with Gasteiger partial charge in [0.25, 0.3) is 0 Å². The lowest BCUT2D eigenvalue weighted by atomic mass is 10.0. The first-order valence-corrected chi connectivity index (χ1v) is 8.61. The van der Waals surface area contributed by atoms with Crippen LogP contribution in [0.3, 0.4) is 0 Å². The van der Waals surface area contributed by atoms with Crippen LogP contribution in [0.25, 0.3) is 0 Å². The van der Waals surface area contributed by atoms with Crippen molar-refractivity contribution in [2.45, 2.75) is 44.5 Å². The number of rotatable bonds is 10. The summed E-state index contributed by atoms with van der Waals surface area (Å²) < 4.78 is 11.2. The maximum Gasteiger partial charge on any atom is 0.118 e. The second-order valence-electron chi connectivity index (χ2n) is 6.10. The number of terminal acetylenes is 1. The molecule has 0 aliphatic heterocycles. The first kappa shape index (κ1) is 19.1. The monoisotopic (exact) mass is 338 g/mol. The normalized spacial score (nSPS) is 13.0. The Morgan fingerprint density at radius 3 is 2.40 bits per heavy atom. The third kappa shape index (κ3) is 7.01. The van der Waals surface area contributed by atoms with Crippen LogP contribution in [0.15, 0.2) is 54.6 Å². The van der Waals surface area contributed by atoms with Crippen molar-refractivity contribution >= 4 is 0 Å². The number of aliphatic hydroxyl groups excluding tert-OH is 1. The van der Waals surface area contributed by atoms with Gasteiger partial charge in [0.2, 0.25) is 0 Å². The van der Waals surface area contributed by atoms with E-state index in [0.29, 0.717) is 19.4 Å². The Bertz CT molecular complexity index is 643. The quantitative estimate of drug-likeness (QED) is 0.666. The van der Waals surface area contributed by atoms with Gasteiger partial charge in [-0.25, -0.2) is 0 Å². The molecule has 0 spiro atoms. The van der Waals surface area contributed by atoms with Crippen LogP contribution in [0.4, 0.5) is 0 Å². The maximum absolute atomic E-state index is 10.0. The molecule has 2 atom stereocenters. The zero-order chi connectivity index (χ0) is 17.9. The zero-order valence-electron chi connectivity index (χ0n) is 14.7. The van der Waals surface area contributed by atoms with E-state index in [2.05, 4.69) is 18.1 Å². The fraction of sp³-hybridized carbons (Fsp3) is 0.364. The number of hydrogen-bond acceptors (Lipinski definition) is 3. The molecule has 0 aliphatic rings. The molecule has 0 fully saturated rings. The molecule has 0 aromatic heterocycles. The molecule has 2 aromatic carbocycles. The lowest BCUT2D eigenvalue weighted by molar-refractivity contribution is 0.000724. The topological polar surface area (TPSA) is 38.7 Å². The minimum Gasteiger partial charge on any atom is -0.497 e. The molecule has 0 aliphatic carbocycles. The highest BCUT2D eigenvalue weighted by molar-refractivity contribution is 5.26. The molecule has 1 N–H and O–H groups in total. The number of ether oxygens (including phenoxy) is 2. The number of benzene rings is 2. The molecule has 0 radical (unpaired) electrons. The predicted octanol–water partition coefficient (Wildman–Crippen LogP) is 3.99. The predicted molar refractivity (Wildman–Crippen MR) is 100 cm³/mol. The van der Waals surface area contributed by atoms with Gasteiger partial charge in [-0.2, -0.15) is 0 Å². The summed E-state index contributed by atoms with van der Waals surface area (Å²) in [6.45, 7) is 0.506. The molecule has 0 saturated carbocycles. The van der Waals surface area contributed by atoms with Crippen LogP contribution in [0, 0.1) is 12.3 Å². The molecule has 0 amide bonds. The van der Waals surface area contributed by atoms with Gasteiger partial charge >= 0.3 is 0 Å². The second kappa shape index (κ2) is 10.6. The van der Waals surface area contributed by atoms with Crippen LogP contribution in [0.5, 0.6) is 5.75 Å². The molecule has 0 heterocycles. The lowest BCUT2D eigenvalue weighted by Gasteiger charge is -2.20. The molecule has 0 saturated heterocycles. The highest BCUT2D eigenvalue weighted by Gasteiger charge is 2.15. The SMILES string of the molecule is C#CC[C@H](O)C[C@H](CCc1ccccc1)OCc1ccc(OC)cc1. The molecule has 0 bridgehead atoms. The molecular weight excluding hydrogens is 312 g/mol. The Balaban J connectivity index is 1.91. The van der Waals surface area contributed by atoms with Gasteiger partial charge in [0.15, 0.2) is 0 Å². The van der Waals surface area contributed by atoms with Gasteiger partial charge in [-0.15, -0.1) is 12.3 Å². The Kier molecular flexibility index (Phi) is 8.04. The van der Waals surface area contributed by atoms with Crippen LogP contribution >= 0.6 is 0 Å². The minimum atomic E-state index is -0.526. The molecule has 3 heteroatoms. The van der Waals surface area contributed by atoms with E-state index in [4.69, 9.17) is 15.9 Å². The summed E-state index contributed by atoms with van der Waals surface area (Å²) in [4.78, 5) is 0. The smallest absolute Gasteiger partial charge is 0.118 e. The van der Waals surface area contributed by atoms with E-state index in [-0.39, 0.29) is 6.10 Å². The van der Waals surface area contributed by atoms with Crippen LogP contribution in [-0.2, 0) is 17.8 Å². The van der Waals surface area contributed by atoms with E-state index in [0.717, 1.165) is 24.2 Å². The van der Waals surface area contributed by atoms with E-state index < -0.39 is 6.10 Å².